The average molecular weight is 380 g/mol. The lowest BCUT2D eigenvalue weighted by atomic mass is 10.2. The highest BCUT2D eigenvalue weighted by atomic mass is 79.9. The molecular formula is C14H10BrN3O5. The van der Waals surface area contributed by atoms with Crippen molar-refractivity contribution < 1.29 is 18.9 Å². The zero-order valence-electron chi connectivity index (χ0n) is 11.8. The molecule has 1 aromatic heterocycles. The van der Waals surface area contributed by atoms with Gasteiger partial charge in [-0.1, -0.05) is 22.0 Å². The van der Waals surface area contributed by atoms with Gasteiger partial charge in [-0.15, -0.1) is 5.10 Å². The predicted octanol–water partition coefficient (Wildman–Crippen LogP) is 3.19. The van der Waals surface area contributed by atoms with E-state index in [9.17, 15) is 14.9 Å². The summed E-state index contributed by atoms with van der Waals surface area (Å²) in [5, 5.41) is 15.9. The van der Waals surface area contributed by atoms with E-state index in [1.165, 1.54) is 19.1 Å². The standard InChI is InChI=1S/C14H10BrN3O5/c1-8(19)17-14(11-5-6-12(22-11)18(20)21)23-13(16-17)9-3-2-4-10(15)7-9/h2-7,14H,1H3/t14-/m0/s1. The second kappa shape index (κ2) is 5.84. The third-order valence-corrected chi connectivity index (χ3v) is 3.57. The molecule has 1 atom stereocenters. The summed E-state index contributed by atoms with van der Waals surface area (Å²) >= 11 is 3.35. The van der Waals surface area contributed by atoms with E-state index in [2.05, 4.69) is 21.0 Å². The fraction of sp³-hybridized carbons (Fsp3) is 0.143. The molecule has 0 aliphatic carbocycles. The quantitative estimate of drug-likeness (QED) is 0.602. The molecule has 3 rings (SSSR count). The molecule has 0 radical (unpaired) electrons. The van der Waals surface area contributed by atoms with Crippen LogP contribution in [0.4, 0.5) is 5.88 Å². The smallest absolute Gasteiger partial charge is 0.433 e. The Morgan fingerprint density at radius 1 is 1.39 bits per heavy atom. The Labute approximate surface area is 138 Å². The van der Waals surface area contributed by atoms with Gasteiger partial charge in [0, 0.05) is 17.0 Å². The van der Waals surface area contributed by atoms with Crippen molar-refractivity contribution in [1.29, 1.82) is 0 Å². The second-order valence-corrected chi connectivity index (χ2v) is 5.60. The molecular weight excluding hydrogens is 370 g/mol. The SMILES string of the molecule is CC(=O)N1N=C(c2cccc(Br)c2)O[C@H]1c1ccc([N+](=O)[O-])o1. The van der Waals surface area contributed by atoms with Crippen LogP contribution in [0.2, 0.25) is 0 Å². The lowest BCUT2D eigenvalue weighted by Gasteiger charge is -2.16. The van der Waals surface area contributed by atoms with E-state index in [1.807, 2.05) is 6.07 Å². The number of nitrogens with zero attached hydrogens (tertiary/aromatic N) is 3. The summed E-state index contributed by atoms with van der Waals surface area (Å²) < 4.78 is 11.6. The molecule has 0 bridgehead atoms. The summed E-state index contributed by atoms with van der Waals surface area (Å²) in [4.78, 5) is 21.8. The number of benzene rings is 1. The van der Waals surface area contributed by atoms with Gasteiger partial charge in [0.2, 0.25) is 11.8 Å². The van der Waals surface area contributed by atoms with Crippen molar-refractivity contribution in [2.24, 2.45) is 5.10 Å². The van der Waals surface area contributed by atoms with Gasteiger partial charge in [0.15, 0.2) is 5.76 Å². The maximum atomic E-state index is 11.8. The molecule has 23 heavy (non-hydrogen) atoms. The van der Waals surface area contributed by atoms with Gasteiger partial charge in [-0.05, 0) is 24.3 Å². The molecule has 1 aliphatic heterocycles. The number of carbonyl (C=O) groups excluding carboxylic acids is 1. The van der Waals surface area contributed by atoms with Crippen LogP contribution in [-0.4, -0.2) is 21.7 Å². The van der Waals surface area contributed by atoms with Gasteiger partial charge >= 0.3 is 5.88 Å². The molecule has 1 amide bonds. The number of hydrogen-bond acceptors (Lipinski definition) is 6. The summed E-state index contributed by atoms with van der Waals surface area (Å²) in [5.41, 5.74) is 0.661. The Hall–Kier alpha value is -2.68. The third kappa shape index (κ3) is 2.95. The van der Waals surface area contributed by atoms with Crippen molar-refractivity contribution >= 4 is 33.6 Å². The monoisotopic (exact) mass is 379 g/mol. The molecule has 118 valence electrons. The molecule has 0 saturated carbocycles. The summed E-state index contributed by atoms with van der Waals surface area (Å²) in [6.45, 7) is 1.32. The lowest BCUT2D eigenvalue weighted by Crippen LogP contribution is -2.24. The number of rotatable bonds is 3. The number of nitro groups is 1. The van der Waals surface area contributed by atoms with Crippen LogP contribution in [-0.2, 0) is 9.53 Å². The van der Waals surface area contributed by atoms with Crippen LogP contribution in [0.5, 0.6) is 0 Å². The Balaban J connectivity index is 1.93. The topological polar surface area (TPSA) is 98.2 Å². The number of furan rings is 1. The van der Waals surface area contributed by atoms with Crippen LogP contribution in [0, 0.1) is 10.1 Å². The van der Waals surface area contributed by atoms with Gasteiger partial charge in [-0.3, -0.25) is 14.9 Å². The summed E-state index contributed by atoms with van der Waals surface area (Å²) in [6.07, 6.45) is -0.977. The Kier molecular flexibility index (Phi) is 3.87. The van der Waals surface area contributed by atoms with Crippen molar-refractivity contribution in [3.63, 3.8) is 0 Å². The Bertz CT molecular complexity index is 816. The maximum absolute atomic E-state index is 11.8. The zero-order valence-corrected chi connectivity index (χ0v) is 13.4. The number of amides is 1. The van der Waals surface area contributed by atoms with Crippen LogP contribution in [0.15, 0.2) is 50.4 Å². The van der Waals surface area contributed by atoms with Gasteiger partial charge in [0.05, 0.1) is 6.07 Å². The van der Waals surface area contributed by atoms with E-state index in [-0.39, 0.29) is 17.6 Å². The molecule has 0 N–H and O–H groups in total. The molecule has 8 nitrogen and oxygen atoms in total. The molecule has 1 aliphatic rings. The van der Waals surface area contributed by atoms with Crippen molar-refractivity contribution in [1.82, 2.24) is 5.01 Å². The van der Waals surface area contributed by atoms with E-state index >= 15 is 0 Å². The molecule has 0 spiro atoms. The first-order chi connectivity index (χ1) is 11.0. The first-order valence-electron chi connectivity index (χ1n) is 6.51. The normalized spacial score (nSPS) is 16.9. The van der Waals surface area contributed by atoms with E-state index in [0.717, 1.165) is 9.48 Å². The molecule has 0 unspecified atom stereocenters. The number of carbonyl (C=O) groups is 1. The minimum absolute atomic E-state index is 0.126. The number of halogens is 1. The molecule has 0 fully saturated rings. The highest BCUT2D eigenvalue weighted by molar-refractivity contribution is 9.10. The number of hydrazone groups is 1. The summed E-state index contributed by atoms with van der Waals surface area (Å²) in [6, 6.07) is 9.79. The fourth-order valence-corrected chi connectivity index (χ4v) is 2.46. The highest BCUT2D eigenvalue weighted by Gasteiger charge is 2.36. The molecule has 2 aromatic rings. The molecule has 2 heterocycles. The van der Waals surface area contributed by atoms with E-state index in [4.69, 9.17) is 9.15 Å². The van der Waals surface area contributed by atoms with Gasteiger partial charge in [-0.2, -0.15) is 5.01 Å². The predicted molar refractivity (Wildman–Crippen MR) is 82.4 cm³/mol. The minimum Gasteiger partial charge on any atom is -0.442 e. The first kappa shape index (κ1) is 15.2. The summed E-state index contributed by atoms with van der Waals surface area (Å²) in [7, 11) is 0. The van der Waals surface area contributed by atoms with Crippen molar-refractivity contribution in [2.75, 3.05) is 0 Å². The van der Waals surface area contributed by atoms with Crippen molar-refractivity contribution in [2.45, 2.75) is 13.2 Å². The number of hydrogen-bond donors (Lipinski definition) is 0. The minimum atomic E-state index is -0.977. The summed E-state index contributed by atoms with van der Waals surface area (Å²) in [5.74, 6) is -0.451. The van der Waals surface area contributed by atoms with E-state index in [1.54, 1.807) is 18.2 Å². The Morgan fingerprint density at radius 2 is 2.17 bits per heavy atom. The second-order valence-electron chi connectivity index (χ2n) is 4.68. The molecule has 1 aromatic carbocycles. The first-order valence-corrected chi connectivity index (χ1v) is 7.30. The van der Waals surface area contributed by atoms with Crippen molar-refractivity contribution in [3.05, 3.63) is 62.3 Å². The highest BCUT2D eigenvalue weighted by Crippen LogP contribution is 2.33. The van der Waals surface area contributed by atoms with Gasteiger partial charge in [-0.25, -0.2) is 0 Å². The third-order valence-electron chi connectivity index (χ3n) is 3.07. The van der Waals surface area contributed by atoms with Crippen LogP contribution in [0.25, 0.3) is 0 Å². The van der Waals surface area contributed by atoms with Crippen LogP contribution in [0.3, 0.4) is 0 Å². The average Bonchev–Trinajstić information content (AvgIpc) is 3.14. The fourth-order valence-electron chi connectivity index (χ4n) is 2.06. The molecule has 0 saturated heterocycles. The lowest BCUT2D eigenvalue weighted by molar-refractivity contribution is -0.402. The van der Waals surface area contributed by atoms with E-state index in [0.29, 0.717) is 5.56 Å². The number of ether oxygens (including phenoxy) is 1. The van der Waals surface area contributed by atoms with E-state index < -0.39 is 17.0 Å². The molecule has 9 heteroatoms. The maximum Gasteiger partial charge on any atom is 0.433 e. The van der Waals surface area contributed by atoms with Gasteiger partial charge in [0.25, 0.3) is 6.23 Å². The zero-order chi connectivity index (χ0) is 16.6. The van der Waals surface area contributed by atoms with Crippen molar-refractivity contribution in [3.8, 4) is 0 Å². The van der Waals surface area contributed by atoms with Crippen LogP contribution >= 0.6 is 15.9 Å². The van der Waals surface area contributed by atoms with Gasteiger partial charge in [0.1, 0.15) is 4.92 Å². The Morgan fingerprint density at radius 3 is 2.78 bits per heavy atom. The van der Waals surface area contributed by atoms with Crippen LogP contribution < -0.4 is 0 Å². The van der Waals surface area contributed by atoms with Crippen LogP contribution in [0.1, 0.15) is 24.5 Å². The van der Waals surface area contributed by atoms with Gasteiger partial charge < -0.3 is 9.15 Å². The largest absolute Gasteiger partial charge is 0.442 e.